The molecule has 4 rings (SSSR count). The van der Waals surface area contributed by atoms with Crippen molar-refractivity contribution in [2.24, 2.45) is 0 Å². The number of benzene rings is 1. The van der Waals surface area contributed by atoms with Crippen LogP contribution in [0, 0.1) is 0 Å². The second-order valence-electron chi connectivity index (χ2n) is 10.3. The molecule has 9 nitrogen and oxygen atoms in total. The third-order valence-corrected chi connectivity index (χ3v) is 9.23. The van der Waals surface area contributed by atoms with E-state index in [1.165, 1.54) is 31.2 Å². The largest absolute Gasteiger partial charge is 0.367 e. The molecule has 0 amide bonds. The Bertz CT molecular complexity index is 1290. The van der Waals surface area contributed by atoms with Crippen LogP contribution in [0.15, 0.2) is 41.4 Å². The Hall–Kier alpha value is -2.69. The van der Waals surface area contributed by atoms with E-state index >= 15 is 0 Å². The Kier molecular flexibility index (Phi) is 8.40. The molecule has 202 valence electrons. The van der Waals surface area contributed by atoms with Crippen molar-refractivity contribution < 1.29 is 8.42 Å². The van der Waals surface area contributed by atoms with Gasteiger partial charge in [-0.1, -0.05) is 27.7 Å². The van der Waals surface area contributed by atoms with Crippen LogP contribution < -0.4 is 10.6 Å². The van der Waals surface area contributed by atoms with Crippen LogP contribution in [0.2, 0.25) is 0 Å². The first-order valence-electron chi connectivity index (χ1n) is 13.3. The van der Waals surface area contributed by atoms with E-state index < -0.39 is 10.0 Å². The molecule has 3 aromatic rings. The highest BCUT2D eigenvalue weighted by molar-refractivity contribution is 7.89. The third-order valence-electron chi connectivity index (χ3n) is 7.40. The van der Waals surface area contributed by atoms with Gasteiger partial charge >= 0.3 is 0 Å². The summed E-state index contributed by atoms with van der Waals surface area (Å²) in [6.45, 7) is 11.0. The smallest absolute Gasteiger partial charge is 0.242 e. The number of anilines is 3. The number of nitrogens with zero attached hydrogens (tertiary/aromatic N) is 5. The number of sulfonamides is 1. The summed E-state index contributed by atoms with van der Waals surface area (Å²) < 4.78 is 27.9. The fraction of sp³-hybridized carbons (Fsp3) is 0.556. The number of fused-ring (bicyclic) bond motifs is 1. The van der Waals surface area contributed by atoms with Gasteiger partial charge in [-0.2, -0.15) is 9.61 Å². The summed E-state index contributed by atoms with van der Waals surface area (Å²) in [6.07, 6.45) is 6.51. The molecule has 0 bridgehead atoms. The molecule has 10 heteroatoms. The van der Waals surface area contributed by atoms with Crippen LogP contribution in [0.3, 0.4) is 0 Å². The standard InChI is InChI=1S/C27H41N7O2S/c1-7-33(8-2)22-13-9-20(10-14-22)29-25-17-26(34-27(31-25)24(18-28-34)19(3)4)30-21-11-15-23(16-12-21)37(35,36)32(5)6/h11-12,15-20,22,30H,7-10,13-14H2,1-6H3,(H,29,31)/t20-,22-. The zero-order valence-corrected chi connectivity index (χ0v) is 23.7. The summed E-state index contributed by atoms with van der Waals surface area (Å²) in [4.78, 5) is 7.78. The SMILES string of the molecule is CCN(CC)[C@H]1CC[C@H](Nc2cc(Nc3ccc(S(=O)(=O)N(C)C)cc3)n3ncc(C(C)C)c3n2)CC1. The molecule has 2 heterocycles. The maximum atomic E-state index is 12.4. The lowest BCUT2D eigenvalue weighted by Crippen LogP contribution is -2.40. The molecule has 0 atom stereocenters. The van der Waals surface area contributed by atoms with Crippen molar-refractivity contribution in [2.45, 2.75) is 76.3 Å². The summed E-state index contributed by atoms with van der Waals surface area (Å²) in [6, 6.07) is 9.83. The van der Waals surface area contributed by atoms with Gasteiger partial charge in [0.2, 0.25) is 10.0 Å². The molecule has 2 aromatic heterocycles. The van der Waals surface area contributed by atoms with Gasteiger partial charge in [-0.15, -0.1) is 0 Å². The first kappa shape index (κ1) is 27.3. The van der Waals surface area contributed by atoms with E-state index in [0.29, 0.717) is 12.1 Å². The monoisotopic (exact) mass is 527 g/mol. The minimum Gasteiger partial charge on any atom is -0.367 e. The highest BCUT2D eigenvalue weighted by Gasteiger charge is 2.25. The molecule has 37 heavy (non-hydrogen) atoms. The average molecular weight is 528 g/mol. The molecule has 1 saturated carbocycles. The van der Waals surface area contributed by atoms with Crippen LogP contribution in [-0.4, -0.2) is 71.5 Å². The molecule has 1 fully saturated rings. The van der Waals surface area contributed by atoms with E-state index in [-0.39, 0.29) is 10.8 Å². The average Bonchev–Trinajstić information content (AvgIpc) is 3.31. The molecule has 1 aliphatic carbocycles. The molecular weight excluding hydrogens is 486 g/mol. The maximum absolute atomic E-state index is 12.4. The Morgan fingerprint density at radius 3 is 2.27 bits per heavy atom. The van der Waals surface area contributed by atoms with Gasteiger partial charge in [0.1, 0.15) is 11.6 Å². The van der Waals surface area contributed by atoms with Gasteiger partial charge in [0.25, 0.3) is 0 Å². The minimum absolute atomic E-state index is 0.256. The van der Waals surface area contributed by atoms with Crippen molar-refractivity contribution in [3.8, 4) is 0 Å². The predicted molar refractivity (Wildman–Crippen MR) is 150 cm³/mol. The van der Waals surface area contributed by atoms with E-state index in [1.54, 1.807) is 24.3 Å². The topological polar surface area (TPSA) is 94.9 Å². The van der Waals surface area contributed by atoms with Crippen LogP contribution >= 0.6 is 0 Å². The molecule has 2 N–H and O–H groups in total. The summed E-state index contributed by atoms with van der Waals surface area (Å²) in [5.41, 5.74) is 2.69. The van der Waals surface area contributed by atoms with Crippen LogP contribution in [0.5, 0.6) is 0 Å². The van der Waals surface area contributed by atoms with Gasteiger partial charge in [0.15, 0.2) is 5.65 Å². The molecule has 0 spiro atoms. The maximum Gasteiger partial charge on any atom is 0.242 e. The molecule has 0 unspecified atom stereocenters. The number of nitrogens with one attached hydrogen (secondary N) is 2. The lowest BCUT2D eigenvalue weighted by atomic mass is 9.90. The number of aromatic nitrogens is 3. The summed E-state index contributed by atoms with van der Waals surface area (Å²) in [7, 11) is -0.415. The summed E-state index contributed by atoms with van der Waals surface area (Å²) >= 11 is 0. The third kappa shape index (κ3) is 5.91. The van der Waals surface area contributed by atoms with Gasteiger partial charge in [0, 0.05) is 43.5 Å². The van der Waals surface area contributed by atoms with Crippen molar-refractivity contribution in [3.63, 3.8) is 0 Å². The Morgan fingerprint density at radius 2 is 1.70 bits per heavy atom. The van der Waals surface area contributed by atoms with Crippen molar-refractivity contribution >= 4 is 33.0 Å². The first-order valence-corrected chi connectivity index (χ1v) is 14.8. The second-order valence-corrected chi connectivity index (χ2v) is 12.5. The van der Waals surface area contributed by atoms with E-state index in [4.69, 9.17) is 4.98 Å². The van der Waals surface area contributed by atoms with E-state index in [2.05, 4.69) is 48.3 Å². The molecular formula is C27H41N7O2S. The zero-order valence-electron chi connectivity index (χ0n) is 22.9. The van der Waals surface area contributed by atoms with Gasteiger partial charge in [-0.3, -0.25) is 0 Å². The Balaban J connectivity index is 1.58. The minimum atomic E-state index is -3.48. The van der Waals surface area contributed by atoms with Crippen LogP contribution in [-0.2, 0) is 10.0 Å². The zero-order chi connectivity index (χ0) is 26.7. The fourth-order valence-corrected chi connectivity index (χ4v) is 6.06. The van der Waals surface area contributed by atoms with Gasteiger partial charge in [-0.05, 0) is 69.0 Å². The highest BCUT2D eigenvalue weighted by Crippen LogP contribution is 2.29. The summed E-state index contributed by atoms with van der Waals surface area (Å²) in [5, 5.41) is 11.7. The van der Waals surface area contributed by atoms with Crippen LogP contribution in [0.1, 0.15) is 64.9 Å². The Labute approximate surface area is 221 Å². The molecule has 1 aromatic carbocycles. The quantitative estimate of drug-likeness (QED) is 0.387. The van der Waals surface area contributed by atoms with Crippen molar-refractivity contribution in [1.82, 2.24) is 23.8 Å². The molecule has 0 radical (unpaired) electrons. The number of hydrogen-bond acceptors (Lipinski definition) is 7. The predicted octanol–water partition coefficient (Wildman–Crippen LogP) is 4.91. The van der Waals surface area contributed by atoms with Crippen LogP contribution in [0.25, 0.3) is 5.65 Å². The van der Waals surface area contributed by atoms with E-state index in [1.807, 2.05) is 16.8 Å². The Morgan fingerprint density at radius 1 is 1.05 bits per heavy atom. The van der Waals surface area contributed by atoms with E-state index in [0.717, 1.165) is 54.5 Å². The van der Waals surface area contributed by atoms with Crippen LogP contribution in [0.4, 0.5) is 17.3 Å². The van der Waals surface area contributed by atoms with Gasteiger partial charge in [-0.25, -0.2) is 17.7 Å². The van der Waals surface area contributed by atoms with Crippen molar-refractivity contribution in [1.29, 1.82) is 0 Å². The van der Waals surface area contributed by atoms with Gasteiger partial charge < -0.3 is 15.5 Å². The lowest BCUT2D eigenvalue weighted by molar-refractivity contribution is 0.167. The lowest BCUT2D eigenvalue weighted by Gasteiger charge is -2.36. The second kappa shape index (κ2) is 11.4. The molecule has 1 aliphatic rings. The van der Waals surface area contributed by atoms with Crippen molar-refractivity contribution in [3.05, 3.63) is 42.1 Å². The fourth-order valence-electron chi connectivity index (χ4n) is 5.15. The number of rotatable bonds is 10. The van der Waals surface area contributed by atoms with E-state index in [9.17, 15) is 8.42 Å². The van der Waals surface area contributed by atoms with Gasteiger partial charge in [0.05, 0.1) is 11.1 Å². The molecule has 0 aliphatic heterocycles. The summed E-state index contributed by atoms with van der Waals surface area (Å²) in [5.74, 6) is 1.89. The normalized spacial score (nSPS) is 18.7. The van der Waals surface area contributed by atoms with Crippen molar-refractivity contribution in [2.75, 3.05) is 37.8 Å². The highest BCUT2D eigenvalue weighted by atomic mass is 32.2. The molecule has 0 saturated heterocycles. The first-order chi connectivity index (χ1) is 17.6. The number of hydrogen-bond donors (Lipinski definition) is 2.